The molecule has 4 rings (SSSR count). The summed E-state index contributed by atoms with van der Waals surface area (Å²) in [6.45, 7) is 1.41. The number of rotatable bonds is 8. The molecule has 0 aliphatic carbocycles. The van der Waals surface area contributed by atoms with Crippen molar-refractivity contribution in [2.45, 2.75) is 25.0 Å². The summed E-state index contributed by atoms with van der Waals surface area (Å²) in [7, 11) is 0. The van der Waals surface area contributed by atoms with Crippen LogP contribution in [-0.4, -0.2) is 63.6 Å². The molecule has 2 aromatic carbocycles. The lowest BCUT2D eigenvalue weighted by Crippen LogP contribution is -2.58. The summed E-state index contributed by atoms with van der Waals surface area (Å²) < 4.78 is 13.5. The lowest BCUT2D eigenvalue weighted by Gasteiger charge is -2.42. The number of hydrogen-bond acceptors (Lipinski definition) is 6. The normalized spacial score (nSPS) is 18.6. The number of fused-ring (bicyclic) bond motifs is 1. The first-order chi connectivity index (χ1) is 15.4. The molecule has 0 spiro atoms. The summed E-state index contributed by atoms with van der Waals surface area (Å²) in [5.41, 5.74) is 6.13. The average molecular weight is 458 g/mol. The number of carbonyl (C=O) groups is 2. The molecule has 0 radical (unpaired) electrons. The number of hydrogen-bond donors (Lipinski definition) is 1. The number of aromatic nitrogens is 3. The van der Waals surface area contributed by atoms with Crippen LogP contribution in [0.3, 0.4) is 0 Å². The lowest BCUT2D eigenvalue weighted by atomic mass is 9.97. The molecule has 0 unspecified atom stereocenters. The third-order valence-electron chi connectivity index (χ3n) is 5.37. The number of nitrogens with zero attached hydrogens (tertiary/aromatic N) is 4. The van der Waals surface area contributed by atoms with E-state index in [4.69, 9.17) is 26.8 Å². The molecule has 2 N–H and O–H groups in total. The molecule has 1 saturated heterocycles. The Labute approximate surface area is 190 Å². The van der Waals surface area contributed by atoms with Crippen molar-refractivity contribution in [3.05, 3.63) is 53.6 Å². The maximum Gasteiger partial charge on any atom is 0.224 e. The van der Waals surface area contributed by atoms with E-state index < -0.39 is 11.5 Å². The number of morpholine rings is 1. The Bertz CT molecular complexity index is 1100. The third kappa shape index (κ3) is 5.17. The minimum Gasteiger partial charge on any atom is -0.490 e. The Kier molecular flexibility index (Phi) is 6.57. The Morgan fingerprint density at radius 3 is 2.75 bits per heavy atom. The number of amides is 2. The first-order valence-corrected chi connectivity index (χ1v) is 10.7. The average Bonchev–Trinajstić information content (AvgIpc) is 3.20. The van der Waals surface area contributed by atoms with Crippen molar-refractivity contribution in [1.29, 1.82) is 0 Å². The maximum absolute atomic E-state index is 13.0. The van der Waals surface area contributed by atoms with Crippen LogP contribution in [0, 0.1) is 0 Å². The van der Waals surface area contributed by atoms with Gasteiger partial charge in [0.25, 0.3) is 0 Å². The van der Waals surface area contributed by atoms with E-state index in [2.05, 4.69) is 10.3 Å². The summed E-state index contributed by atoms with van der Waals surface area (Å²) in [4.78, 5) is 26.4. The number of benzene rings is 2. The SMILES string of the molecule is NC(=O)C[C@]1(COc2ccc(Cl)cc2)CN(C(=O)CCn2nnc3ccccc32)CCO1. The predicted octanol–water partition coefficient (Wildman–Crippen LogP) is 2.03. The zero-order valence-electron chi connectivity index (χ0n) is 17.4. The van der Waals surface area contributed by atoms with Gasteiger partial charge in [-0.05, 0) is 36.4 Å². The van der Waals surface area contributed by atoms with Crippen molar-refractivity contribution in [3.8, 4) is 5.75 Å². The fourth-order valence-corrected chi connectivity index (χ4v) is 3.93. The minimum atomic E-state index is -1.01. The van der Waals surface area contributed by atoms with Gasteiger partial charge in [0, 0.05) is 18.0 Å². The van der Waals surface area contributed by atoms with Gasteiger partial charge >= 0.3 is 0 Å². The van der Waals surface area contributed by atoms with Crippen molar-refractivity contribution in [1.82, 2.24) is 19.9 Å². The summed E-state index contributed by atoms with van der Waals surface area (Å²) >= 11 is 5.91. The summed E-state index contributed by atoms with van der Waals surface area (Å²) in [6.07, 6.45) is 0.191. The van der Waals surface area contributed by atoms with Crippen molar-refractivity contribution in [3.63, 3.8) is 0 Å². The third-order valence-corrected chi connectivity index (χ3v) is 5.62. The van der Waals surface area contributed by atoms with Crippen LogP contribution >= 0.6 is 11.6 Å². The van der Waals surface area contributed by atoms with Crippen LogP contribution in [0.25, 0.3) is 11.0 Å². The largest absolute Gasteiger partial charge is 0.490 e. The molecule has 1 aromatic heterocycles. The first kappa shape index (κ1) is 22.0. The molecule has 10 heteroatoms. The molecular weight excluding hydrogens is 434 g/mol. The maximum atomic E-state index is 13.0. The quantitative estimate of drug-likeness (QED) is 0.553. The number of primary amides is 1. The highest BCUT2D eigenvalue weighted by atomic mass is 35.5. The molecule has 3 aromatic rings. The molecule has 1 atom stereocenters. The van der Waals surface area contributed by atoms with E-state index in [-0.39, 0.29) is 38.5 Å². The van der Waals surface area contributed by atoms with Crippen LogP contribution < -0.4 is 10.5 Å². The Morgan fingerprint density at radius 2 is 1.97 bits per heavy atom. The van der Waals surface area contributed by atoms with Crippen LogP contribution in [-0.2, 0) is 20.9 Å². The summed E-state index contributed by atoms with van der Waals surface area (Å²) in [6, 6.07) is 14.5. The molecule has 168 valence electrons. The zero-order chi connectivity index (χ0) is 22.6. The van der Waals surface area contributed by atoms with Crippen molar-refractivity contribution in [2.24, 2.45) is 5.73 Å². The molecule has 1 fully saturated rings. The number of nitrogens with two attached hydrogens (primary N) is 1. The smallest absolute Gasteiger partial charge is 0.224 e. The van der Waals surface area contributed by atoms with E-state index in [0.29, 0.717) is 23.9 Å². The molecule has 0 bridgehead atoms. The van der Waals surface area contributed by atoms with Gasteiger partial charge in [0.15, 0.2) is 0 Å². The monoisotopic (exact) mass is 457 g/mol. The predicted molar refractivity (Wildman–Crippen MR) is 118 cm³/mol. The fraction of sp³-hybridized carbons (Fsp3) is 0.364. The van der Waals surface area contributed by atoms with Gasteiger partial charge in [-0.3, -0.25) is 9.59 Å². The number of ether oxygens (including phenoxy) is 2. The van der Waals surface area contributed by atoms with Gasteiger partial charge in [-0.25, -0.2) is 4.68 Å². The number of para-hydroxylation sites is 1. The second-order valence-electron chi connectivity index (χ2n) is 7.78. The van der Waals surface area contributed by atoms with Crippen molar-refractivity contribution in [2.75, 3.05) is 26.3 Å². The topological polar surface area (TPSA) is 113 Å². The molecule has 0 saturated carbocycles. The lowest BCUT2D eigenvalue weighted by molar-refractivity contribution is -0.161. The summed E-state index contributed by atoms with van der Waals surface area (Å²) in [5, 5.41) is 8.84. The number of carbonyl (C=O) groups excluding carboxylic acids is 2. The molecule has 2 amide bonds. The second kappa shape index (κ2) is 9.54. The van der Waals surface area contributed by atoms with Gasteiger partial charge in [-0.15, -0.1) is 5.10 Å². The van der Waals surface area contributed by atoms with Crippen molar-refractivity contribution >= 4 is 34.4 Å². The van der Waals surface area contributed by atoms with E-state index in [1.807, 2.05) is 24.3 Å². The highest BCUT2D eigenvalue weighted by molar-refractivity contribution is 6.30. The fourth-order valence-electron chi connectivity index (χ4n) is 3.81. The molecular formula is C22H24ClN5O4. The molecule has 2 heterocycles. The standard InChI is InChI=1S/C22H24ClN5O4/c23-16-5-7-17(8-6-16)31-15-22(13-20(24)29)14-27(11-12-32-22)21(30)9-10-28-19-4-2-1-3-18(19)25-26-28/h1-8H,9-15H2,(H2,24,29)/t22-/m1/s1. The molecule has 1 aliphatic heterocycles. The van der Waals surface area contributed by atoms with Crippen LogP contribution in [0.15, 0.2) is 48.5 Å². The van der Waals surface area contributed by atoms with Gasteiger partial charge in [0.1, 0.15) is 23.5 Å². The number of halogens is 1. The van der Waals surface area contributed by atoms with Gasteiger partial charge in [-0.2, -0.15) is 0 Å². The molecule has 32 heavy (non-hydrogen) atoms. The van der Waals surface area contributed by atoms with Crippen LogP contribution in [0.2, 0.25) is 5.02 Å². The first-order valence-electron chi connectivity index (χ1n) is 10.3. The van der Waals surface area contributed by atoms with E-state index in [9.17, 15) is 9.59 Å². The minimum absolute atomic E-state index is 0.0575. The van der Waals surface area contributed by atoms with E-state index >= 15 is 0 Å². The van der Waals surface area contributed by atoms with Crippen LogP contribution in [0.5, 0.6) is 5.75 Å². The highest BCUT2D eigenvalue weighted by Gasteiger charge is 2.40. The molecule has 9 nitrogen and oxygen atoms in total. The molecule has 1 aliphatic rings. The van der Waals surface area contributed by atoms with Crippen LogP contribution in [0.4, 0.5) is 0 Å². The van der Waals surface area contributed by atoms with E-state index in [0.717, 1.165) is 11.0 Å². The van der Waals surface area contributed by atoms with Gasteiger partial charge in [0.2, 0.25) is 11.8 Å². The summed E-state index contributed by atoms with van der Waals surface area (Å²) in [5.74, 6) is 0.00432. The van der Waals surface area contributed by atoms with Gasteiger partial charge in [-0.1, -0.05) is 28.9 Å². The Hall–Kier alpha value is -3.17. The van der Waals surface area contributed by atoms with Gasteiger partial charge in [0.05, 0.1) is 31.6 Å². The Balaban J connectivity index is 1.41. The van der Waals surface area contributed by atoms with Crippen LogP contribution in [0.1, 0.15) is 12.8 Å². The highest BCUT2D eigenvalue weighted by Crippen LogP contribution is 2.25. The Morgan fingerprint density at radius 1 is 1.19 bits per heavy atom. The van der Waals surface area contributed by atoms with E-state index in [1.165, 1.54) is 0 Å². The van der Waals surface area contributed by atoms with E-state index in [1.54, 1.807) is 33.8 Å². The van der Waals surface area contributed by atoms with Crippen molar-refractivity contribution < 1.29 is 19.1 Å². The second-order valence-corrected chi connectivity index (χ2v) is 8.22. The zero-order valence-corrected chi connectivity index (χ0v) is 18.2. The van der Waals surface area contributed by atoms with Gasteiger partial charge < -0.3 is 20.1 Å². The number of aryl methyl sites for hydroxylation is 1.